The van der Waals surface area contributed by atoms with Crippen LogP contribution >= 0.6 is 11.3 Å². The lowest BCUT2D eigenvalue weighted by molar-refractivity contribution is 0.0606. The number of carbonyl (C=O) groups is 1. The van der Waals surface area contributed by atoms with Crippen LogP contribution in [0, 0.1) is 0 Å². The number of methoxy groups -OCH3 is 1. The van der Waals surface area contributed by atoms with Crippen molar-refractivity contribution in [3.63, 3.8) is 0 Å². The molecule has 0 bridgehead atoms. The van der Waals surface area contributed by atoms with Gasteiger partial charge in [0.1, 0.15) is 4.88 Å². The minimum Gasteiger partial charge on any atom is -0.465 e. The zero-order valence-electron chi connectivity index (χ0n) is 10.9. The van der Waals surface area contributed by atoms with E-state index in [1.165, 1.54) is 18.4 Å². The van der Waals surface area contributed by atoms with Crippen LogP contribution in [0.4, 0.5) is 0 Å². The molecule has 0 fully saturated rings. The SMILES string of the molecule is C=CC/C=c1/sc(C(=O)OC)c/c1=C/C.CC. The van der Waals surface area contributed by atoms with Gasteiger partial charge >= 0.3 is 5.97 Å². The van der Waals surface area contributed by atoms with Crippen molar-refractivity contribution in [3.05, 3.63) is 33.3 Å². The van der Waals surface area contributed by atoms with Crippen molar-refractivity contribution in [1.29, 1.82) is 0 Å². The van der Waals surface area contributed by atoms with E-state index < -0.39 is 0 Å². The fourth-order valence-electron chi connectivity index (χ4n) is 1.20. The van der Waals surface area contributed by atoms with Crippen LogP contribution in [0.5, 0.6) is 0 Å². The highest BCUT2D eigenvalue weighted by Crippen LogP contribution is 2.02. The third-order valence-corrected chi connectivity index (χ3v) is 3.09. The quantitative estimate of drug-likeness (QED) is 0.611. The lowest BCUT2D eigenvalue weighted by atomic mass is 10.3. The van der Waals surface area contributed by atoms with Gasteiger partial charge in [0.2, 0.25) is 0 Å². The van der Waals surface area contributed by atoms with Gasteiger partial charge in [0.05, 0.1) is 7.11 Å². The Labute approximate surface area is 107 Å². The minimum atomic E-state index is -0.277. The van der Waals surface area contributed by atoms with Crippen molar-refractivity contribution < 1.29 is 9.53 Å². The maximum absolute atomic E-state index is 11.3. The van der Waals surface area contributed by atoms with Crippen LogP contribution in [-0.4, -0.2) is 13.1 Å². The summed E-state index contributed by atoms with van der Waals surface area (Å²) < 4.78 is 5.77. The van der Waals surface area contributed by atoms with Crippen molar-refractivity contribution in [2.24, 2.45) is 0 Å². The van der Waals surface area contributed by atoms with Gasteiger partial charge in [-0.2, -0.15) is 0 Å². The Morgan fingerprint density at radius 3 is 2.65 bits per heavy atom. The Bertz CT molecular complexity index is 469. The molecule has 0 atom stereocenters. The van der Waals surface area contributed by atoms with Crippen molar-refractivity contribution in [1.82, 2.24) is 0 Å². The van der Waals surface area contributed by atoms with Gasteiger partial charge in [0, 0.05) is 4.53 Å². The molecule has 0 unspecified atom stereocenters. The third-order valence-electron chi connectivity index (χ3n) is 1.96. The number of hydrogen-bond acceptors (Lipinski definition) is 3. The molecular weight excluding hydrogens is 232 g/mol. The molecule has 3 heteroatoms. The predicted molar refractivity (Wildman–Crippen MR) is 75.7 cm³/mol. The van der Waals surface area contributed by atoms with Crippen molar-refractivity contribution in [3.8, 4) is 0 Å². The molecule has 1 heterocycles. The van der Waals surface area contributed by atoms with Crippen LogP contribution in [0.2, 0.25) is 0 Å². The number of rotatable bonds is 3. The largest absolute Gasteiger partial charge is 0.465 e. The van der Waals surface area contributed by atoms with E-state index in [2.05, 4.69) is 17.4 Å². The van der Waals surface area contributed by atoms with E-state index in [-0.39, 0.29) is 5.97 Å². The number of esters is 1. The molecule has 1 aromatic heterocycles. The molecule has 0 amide bonds. The molecule has 0 aromatic carbocycles. The maximum atomic E-state index is 11.3. The van der Waals surface area contributed by atoms with Gasteiger partial charge in [-0.25, -0.2) is 4.79 Å². The van der Waals surface area contributed by atoms with E-state index in [1.54, 1.807) is 0 Å². The molecule has 1 aromatic rings. The summed E-state index contributed by atoms with van der Waals surface area (Å²) in [6, 6.07) is 1.85. The third kappa shape index (κ3) is 4.57. The highest BCUT2D eigenvalue weighted by atomic mass is 32.1. The molecule has 0 spiro atoms. The Morgan fingerprint density at radius 2 is 2.18 bits per heavy atom. The summed E-state index contributed by atoms with van der Waals surface area (Å²) in [7, 11) is 1.39. The second-order valence-electron chi connectivity index (χ2n) is 2.94. The second kappa shape index (κ2) is 8.76. The first-order valence-corrected chi connectivity index (χ1v) is 6.50. The maximum Gasteiger partial charge on any atom is 0.348 e. The van der Waals surface area contributed by atoms with E-state index in [1.807, 2.05) is 39.0 Å². The van der Waals surface area contributed by atoms with Crippen LogP contribution in [0.15, 0.2) is 18.7 Å². The average Bonchev–Trinajstić information content (AvgIpc) is 2.80. The Balaban J connectivity index is 0.00000121. The zero-order valence-corrected chi connectivity index (χ0v) is 11.8. The standard InChI is InChI=1S/C12H14O2S.C2H6/c1-4-6-7-10-9(5-2)8-11(15-10)12(13)14-3;1-2/h4-5,7-8H,1,6H2,2-3H3;1-2H3/b9-5-,10-7+;. The predicted octanol–water partition coefficient (Wildman–Crippen LogP) is 2.72. The average molecular weight is 252 g/mol. The zero-order chi connectivity index (χ0) is 13.3. The van der Waals surface area contributed by atoms with Gasteiger partial charge in [-0.05, 0) is 24.6 Å². The molecule has 17 heavy (non-hydrogen) atoms. The smallest absolute Gasteiger partial charge is 0.348 e. The van der Waals surface area contributed by atoms with E-state index in [0.29, 0.717) is 4.88 Å². The summed E-state index contributed by atoms with van der Waals surface area (Å²) >= 11 is 1.45. The van der Waals surface area contributed by atoms with Crippen molar-refractivity contribution in [2.75, 3.05) is 7.11 Å². The number of carbonyl (C=O) groups excluding carboxylic acids is 1. The molecule has 2 nitrogen and oxygen atoms in total. The second-order valence-corrected chi connectivity index (χ2v) is 4.02. The van der Waals surface area contributed by atoms with E-state index in [4.69, 9.17) is 0 Å². The molecule has 0 radical (unpaired) electrons. The van der Waals surface area contributed by atoms with Gasteiger partial charge in [-0.15, -0.1) is 17.9 Å². The first kappa shape index (κ1) is 15.7. The monoisotopic (exact) mass is 252 g/mol. The normalized spacial score (nSPS) is 11.8. The summed E-state index contributed by atoms with van der Waals surface area (Å²) in [5.74, 6) is -0.277. The minimum absolute atomic E-state index is 0.277. The summed E-state index contributed by atoms with van der Waals surface area (Å²) in [6.07, 6.45) is 6.68. The fourth-order valence-corrected chi connectivity index (χ4v) is 2.26. The van der Waals surface area contributed by atoms with Crippen molar-refractivity contribution >= 4 is 29.5 Å². The molecule has 1 rings (SSSR count). The molecule has 0 aliphatic carbocycles. The molecule has 0 N–H and O–H groups in total. The summed E-state index contributed by atoms with van der Waals surface area (Å²) in [4.78, 5) is 11.9. The van der Waals surface area contributed by atoms with Crippen LogP contribution in [0.1, 0.15) is 36.9 Å². The van der Waals surface area contributed by atoms with E-state index >= 15 is 0 Å². The van der Waals surface area contributed by atoms with Crippen molar-refractivity contribution in [2.45, 2.75) is 27.2 Å². The number of allylic oxidation sites excluding steroid dienone is 1. The Hall–Kier alpha value is -1.35. The van der Waals surface area contributed by atoms with Gasteiger partial charge in [-0.3, -0.25) is 0 Å². The summed E-state index contributed by atoms with van der Waals surface area (Å²) in [5, 5.41) is 1.07. The summed E-state index contributed by atoms with van der Waals surface area (Å²) in [6.45, 7) is 9.61. The van der Waals surface area contributed by atoms with Gasteiger partial charge in [0.15, 0.2) is 0 Å². The lowest BCUT2D eigenvalue weighted by Gasteiger charge is -1.90. The van der Waals surface area contributed by atoms with E-state index in [0.717, 1.165) is 16.2 Å². The van der Waals surface area contributed by atoms with Crippen LogP contribution in [0.25, 0.3) is 12.2 Å². The van der Waals surface area contributed by atoms with Gasteiger partial charge < -0.3 is 4.74 Å². The van der Waals surface area contributed by atoms with Crippen LogP contribution in [0.3, 0.4) is 0 Å². The molecule has 0 saturated heterocycles. The van der Waals surface area contributed by atoms with Crippen LogP contribution < -0.4 is 9.75 Å². The van der Waals surface area contributed by atoms with Crippen LogP contribution in [-0.2, 0) is 4.74 Å². The van der Waals surface area contributed by atoms with Gasteiger partial charge in [0.25, 0.3) is 0 Å². The number of thiophene rings is 1. The topological polar surface area (TPSA) is 26.3 Å². The Kier molecular flexibility index (Phi) is 8.07. The van der Waals surface area contributed by atoms with Gasteiger partial charge in [-0.1, -0.05) is 32.1 Å². The first-order chi connectivity index (χ1) is 8.22. The summed E-state index contributed by atoms with van der Waals surface area (Å²) in [5.41, 5.74) is 0. The molecule has 0 saturated carbocycles. The number of hydrogen-bond donors (Lipinski definition) is 0. The molecule has 0 aliphatic rings. The molecule has 94 valence electrons. The highest BCUT2D eigenvalue weighted by molar-refractivity contribution is 7.11. The molecule has 0 aliphatic heterocycles. The first-order valence-electron chi connectivity index (χ1n) is 5.68. The highest BCUT2D eigenvalue weighted by Gasteiger charge is 2.07. The number of ether oxygens (including phenoxy) is 1. The fraction of sp³-hybridized carbons (Fsp3) is 0.357. The molecular formula is C14H20O2S. The Morgan fingerprint density at radius 1 is 1.53 bits per heavy atom. The van der Waals surface area contributed by atoms with E-state index in [9.17, 15) is 4.79 Å². The lowest BCUT2D eigenvalue weighted by Crippen LogP contribution is -2.16.